The van der Waals surface area contributed by atoms with Gasteiger partial charge in [-0.25, -0.2) is 0 Å². The quantitative estimate of drug-likeness (QED) is 0.214. The van der Waals surface area contributed by atoms with E-state index in [0.29, 0.717) is 0 Å². The van der Waals surface area contributed by atoms with Gasteiger partial charge in [0.25, 0.3) is 0 Å². The number of hydrogen-bond acceptors (Lipinski definition) is 3. The Morgan fingerprint density at radius 2 is 1.27 bits per heavy atom. The first-order chi connectivity index (χ1) is 2.91. The molecule has 0 heterocycles. The third-order valence-electron chi connectivity index (χ3n) is 0.0430. The van der Waals surface area contributed by atoms with Gasteiger partial charge < -0.3 is 38.6 Å². The first-order valence-corrected chi connectivity index (χ1v) is 1.36. The molecule has 0 amide bonds. The van der Waals surface area contributed by atoms with Gasteiger partial charge in [-0.2, -0.15) is 6.92 Å². The predicted octanol–water partition coefficient (Wildman–Crippen LogP) is -8.29. The van der Waals surface area contributed by atoms with Crippen LogP contribution < -0.4 is 159 Å². The van der Waals surface area contributed by atoms with Gasteiger partial charge >= 0.3 is 154 Å². The molecule has 0 aromatic rings. The molecule has 56 valence electrons. The standard InChI is InChI=1S/C2H5.CH2O3.2CH3.3K/c1-2;2-1-4-3;;;;;/h1H2,2H3;1,3H;2*1H3;;;/q-1;-2;2*-1;3*+1. The molecule has 0 aliphatic carbocycles. The molecule has 0 atom stereocenters. The maximum absolute atomic E-state index is 8.70. The predicted molar refractivity (Wildman–Crippen MR) is 31.9 cm³/mol. The molecule has 0 saturated carbocycles. The van der Waals surface area contributed by atoms with Crippen LogP contribution in [-0.2, 0) is 4.89 Å². The Labute approximate surface area is 199 Å². The van der Waals surface area contributed by atoms with E-state index >= 15 is 0 Å². The smallest absolute Gasteiger partial charge is 1.00 e. The molecule has 0 aliphatic rings. The fraction of sp³-hybridized carbons (Fsp3) is 0.200. The van der Waals surface area contributed by atoms with Crippen LogP contribution in [0.3, 0.4) is 0 Å². The molecule has 0 rings (SSSR count). The molecule has 6 heteroatoms. The molecule has 0 saturated heterocycles. The molecule has 0 radical (unpaired) electrons. The third-order valence-corrected chi connectivity index (χ3v) is 0.0430. The Bertz CT molecular complexity index is 18.9. The van der Waals surface area contributed by atoms with Crippen LogP contribution in [0.25, 0.3) is 0 Å². The van der Waals surface area contributed by atoms with Crippen LogP contribution in [0.2, 0.25) is 0 Å². The Kier molecular flexibility index (Phi) is 248. The van der Waals surface area contributed by atoms with Crippen LogP contribution in [-0.4, -0.2) is 5.26 Å². The van der Waals surface area contributed by atoms with E-state index in [1.807, 2.05) is 0 Å². The van der Waals surface area contributed by atoms with Gasteiger partial charge in [-0.3, -0.25) is 5.26 Å². The summed E-state index contributed by atoms with van der Waals surface area (Å²) in [7, 11) is 0. The summed E-state index contributed by atoms with van der Waals surface area (Å²) >= 11 is 0. The van der Waals surface area contributed by atoms with Crippen molar-refractivity contribution in [2.24, 2.45) is 0 Å². The van der Waals surface area contributed by atoms with Crippen LogP contribution >= 0.6 is 0 Å². The maximum atomic E-state index is 8.70. The van der Waals surface area contributed by atoms with Crippen LogP contribution in [0.15, 0.2) is 0 Å². The largest absolute Gasteiger partial charge is 1.01 e. The first-order valence-electron chi connectivity index (χ1n) is 1.36. The third kappa shape index (κ3) is 72.2. The zero-order valence-corrected chi connectivity index (χ0v) is 17.9. The van der Waals surface area contributed by atoms with Crippen molar-refractivity contribution in [3.63, 3.8) is 0 Å². The van der Waals surface area contributed by atoms with E-state index in [1.54, 1.807) is 6.92 Å². The van der Waals surface area contributed by atoms with Gasteiger partial charge in [0, 0.05) is 0 Å². The second-order valence-electron chi connectivity index (χ2n) is 0.202. The molecular formula is C5H13K3O3-2. The summed E-state index contributed by atoms with van der Waals surface area (Å²) in [6, 6.07) is 0. The molecule has 0 bridgehead atoms. The fourth-order valence-corrected chi connectivity index (χ4v) is 0. The van der Waals surface area contributed by atoms with Crippen molar-refractivity contribution < 1.29 is 169 Å². The van der Waals surface area contributed by atoms with Crippen molar-refractivity contribution >= 4 is 0 Å². The summed E-state index contributed by atoms with van der Waals surface area (Å²) < 4.78 is 0. The zero-order chi connectivity index (χ0) is 5.41. The van der Waals surface area contributed by atoms with Gasteiger partial charge in [0.05, 0.1) is 0 Å². The van der Waals surface area contributed by atoms with E-state index < -0.39 is 0 Å². The van der Waals surface area contributed by atoms with Crippen LogP contribution in [0, 0.1) is 28.6 Å². The summed E-state index contributed by atoms with van der Waals surface area (Å²) in [5.41, 5.74) is 0. The molecule has 0 aromatic carbocycles. The maximum Gasteiger partial charge on any atom is 1.00 e. The van der Waals surface area contributed by atoms with Gasteiger partial charge in [0.2, 0.25) is 0 Å². The SMILES string of the molecule is [CH2-]C.[CH3-].[CH3-].[K+].[K+].[K+].[O-][CH-]OO. The summed E-state index contributed by atoms with van der Waals surface area (Å²) in [4.78, 5) is 2.86. The molecule has 0 spiro atoms. The Hall–Kier alpha value is 4.79. The van der Waals surface area contributed by atoms with Gasteiger partial charge in [-0.05, 0) is 0 Å². The van der Waals surface area contributed by atoms with Gasteiger partial charge in [-0.1, -0.05) is 0 Å². The second-order valence-corrected chi connectivity index (χ2v) is 0.202. The molecule has 0 unspecified atom stereocenters. The van der Waals surface area contributed by atoms with Gasteiger partial charge in [0.1, 0.15) is 0 Å². The van der Waals surface area contributed by atoms with Crippen LogP contribution in [0.5, 0.6) is 0 Å². The monoisotopic (exact) mass is 238 g/mol. The van der Waals surface area contributed by atoms with E-state index in [-0.39, 0.29) is 176 Å². The molecule has 1 N–H and O–H groups in total. The van der Waals surface area contributed by atoms with E-state index in [9.17, 15) is 0 Å². The van der Waals surface area contributed by atoms with Crippen molar-refractivity contribution in [3.8, 4) is 0 Å². The van der Waals surface area contributed by atoms with E-state index in [2.05, 4.69) is 11.8 Å². The zero-order valence-electron chi connectivity index (χ0n) is 8.55. The first kappa shape index (κ1) is 44.7. The minimum absolute atomic E-state index is 0. The molecule has 11 heavy (non-hydrogen) atoms. The van der Waals surface area contributed by atoms with Gasteiger partial charge in [0.15, 0.2) is 0 Å². The van der Waals surface area contributed by atoms with E-state index in [1.165, 1.54) is 0 Å². The number of rotatable bonds is 1. The minimum Gasteiger partial charge on any atom is -1.01 e. The van der Waals surface area contributed by atoms with Crippen molar-refractivity contribution in [3.05, 3.63) is 28.6 Å². The van der Waals surface area contributed by atoms with E-state index in [0.717, 1.165) is 0 Å². The summed E-state index contributed by atoms with van der Waals surface area (Å²) in [5, 5.41) is 15.7. The summed E-state index contributed by atoms with van der Waals surface area (Å²) in [6.45, 7) is 4.93. The second kappa shape index (κ2) is 61.0. The van der Waals surface area contributed by atoms with Crippen molar-refractivity contribution in [1.82, 2.24) is 0 Å². The molecule has 0 fully saturated rings. The normalized spacial score (nSPS) is 3.27. The molecular weight excluding hydrogens is 225 g/mol. The van der Waals surface area contributed by atoms with Crippen molar-refractivity contribution in [2.45, 2.75) is 6.92 Å². The van der Waals surface area contributed by atoms with Crippen LogP contribution in [0.4, 0.5) is 0 Å². The van der Waals surface area contributed by atoms with Gasteiger partial charge in [-0.15, -0.1) is 0 Å². The van der Waals surface area contributed by atoms with E-state index in [4.69, 9.17) is 10.4 Å². The minimum atomic E-state index is -0.0694. The Morgan fingerprint density at radius 1 is 1.18 bits per heavy atom. The molecule has 3 nitrogen and oxygen atoms in total. The molecule has 0 aromatic heterocycles. The topological polar surface area (TPSA) is 52.5 Å². The summed E-state index contributed by atoms with van der Waals surface area (Å²) in [6.07, 6.45) is 0. The average molecular weight is 238 g/mol. The summed E-state index contributed by atoms with van der Waals surface area (Å²) in [5.74, 6) is 0. The fourth-order valence-electron chi connectivity index (χ4n) is 0. The Morgan fingerprint density at radius 3 is 1.27 bits per heavy atom. The molecule has 0 aliphatic heterocycles. The van der Waals surface area contributed by atoms with Crippen LogP contribution in [0.1, 0.15) is 6.92 Å². The number of hydrogen-bond donors (Lipinski definition) is 1. The Balaban J connectivity index is -0.00000000432. The van der Waals surface area contributed by atoms with Crippen molar-refractivity contribution in [1.29, 1.82) is 0 Å². The average Bonchev–Trinajstić information content (AvgIpc) is 1.72. The van der Waals surface area contributed by atoms with Crippen molar-refractivity contribution in [2.75, 3.05) is 0 Å².